The van der Waals surface area contributed by atoms with Gasteiger partial charge < -0.3 is 9.64 Å². The van der Waals surface area contributed by atoms with E-state index < -0.39 is 0 Å². The number of aromatic amines is 1. The zero-order chi connectivity index (χ0) is 18.6. The van der Waals surface area contributed by atoms with Crippen LogP contribution in [-0.2, 0) is 6.61 Å². The van der Waals surface area contributed by atoms with Gasteiger partial charge >= 0.3 is 0 Å². The Morgan fingerprint density at radius 1 is 1.26 bits per heavy atom. The van der Waals surface area contributed by atoms with Gasteiger partial charge in [0, 0.05) is 18.0 Å². The Hall–Kier alpha value is -2.80. The minimum absolute atomic E-state index is 0.000743. The van der Waals surface area contributed by atoms with Crippen molar-refractivity contribution in [2.24, 2.45) is 0 Å². The number of carbonyl (C=O) groups is 1. The summed E-state index contributed by atoms with van der Waals surface area (Å²) in [5.74, 6) is 0.684. The number of hydrogen-bond acceptors (Lipinski definition) is 5. The predicted molar refractivity (Wildman–Crippen MR) is 105 cm³/mol. The van der Waals surface area contributed by atoms with Gasteiger partial charge in [0.15, 0.2) is 0 Å². The number of nitrogens with zero attached hydrogens (tertiary/aromatic N) is 3. The van der Waals surface area contributed by atoms with Crippen molar-refractivity contribution in [2.75, 3.05) is 19.3 Å². The number of thioether (sulfide) groups is 1. The molecule has 7 heteroatoms. The maximum Gasteiger partial charge on any atom is 0.257 e. The highest BCUT2D eigenvalue weighted by Crippen LogP contribution is 2.24. The summed E-state index contributed by atoms with van der Waals surface area (Å²) in [5, 5.41) is 6.92. The molecule has 3 heterocycles. The lowest BCUT2D eigenvalue weighted by Crippen LogP contribution is -2.42. The van der Waals surface area contributed by atoms with Gasteiger partial charge in [-0.2, -0.15) is 5.10 Å². The zero-order valence-electron chi connectivity index (χ0n) is 15.0. The second kappa shape index (κ2) is 7.84. The van der Waals surface area contributed by atoms with E-state index in [2.05, 4.69) is 33.6 Å². The van der Waals surface area contributed by atoms with Crippen molar-refractivity contribution in [1.29, 1.82) is 0 Å². The number of H-pyrrole nitrogens is 1. The Kier molecular flexibility index (Phi) is 5.11. The van der Waals surface area contributed by atoms with Gasteiger partial charge in [-0.1, -0.05) is 12.1 Å². The Morgan fingerprint density at radius 3 is 2.85 bits per heavy atom. The summed E-state index contributed by atoms with van der Waals surface area (Å²) in [5.41, 5.74) is 2.99. The molecule has 138 valence electrons. The van der Waals surface area contributed by atoms with Crippen LogP contribution in [0.2, 0.25) is 0 Å². The summed E-state index contributed by atoms with van der Waals surface area (Å²) in [6.45, 7) is 2.10. The fraction of sp³-hybridized carbons (Fsp3) is 0.250. The number of likely N-dealkylation sites (tertiary alicyclic amines) is 1. The molecule has 2 aromatic heterocycles. The highest BCUT2D eigenvalue weighted by molar-refractivity contribution is 7.98. The smallest absolute Gasteiger partial charge is 0.257 e. The molecular weight excluding hydrogens is 360 g/mol. The molecule has 1 aromatic carbocycles. The van der Waals surface area contributed by atoms with Gasteiger partial charge in [-0.05, 0) is 42.5 Å². The number of amides is 1. The summed E-state index contributed by atoms with van der Waals surface area (Å²) >= 11 is 1.71. The fourth-order valence-electron chi connectivity index (χ4n) is 2.88. The monoisotopic (exact) mass is 380 g/mol. The third-order valence-corrected chi connectivity index (χ3v) is 5.27. The number of ether oxygens (including phenoxy) is 1. The Labute approximate surface area is 162 Å². The summed E-state index contributed by atoms with van der Waals surface area (Å²) in [4.78, 5) is 19.9. The van der Waals surface area contributed by atoms with Gasteiger partial charge in [0.25, 0.3) is 5.91 Å². The van der Waals surface area contributed by atoms with Crippen molar-refractivity contribution in [1.82, 2.24) is 20.1 Å². The molecule has 1 N–H and O–H groups in total. The van der Waals surface area contributed by atoms with Crippen molar-refractivity contribution in [3.63, 3.8) is 0 Å². The van der Waals surface area contributed by atoms with Crippen molar-refractivity contribution in [2.45, 2.75) is 17.9 Å². The molecule has 0 bridgehead atoms. The fourth-order valence-corrected chi connectivity index (χ4v) is 3.36. The first-order valence-electron chi connectivity index (χ1n) is 8.79. The molecule has 1 amide bonds. The molecular formula is C20H20N4O2S. The Bertz CT molecular complexity index is 935. The van der Waals surface area contributed by atoms with Gasteiger partial charge in [0.2, 0.25) is 0 Å². The average molecular weight is 380 g/mol. The third kappa shape index (κ3) is 3.83. The second-order valence-corrected chi connectivity index (χ2v) is 7.20. The lowest BCUT2D eigenvalue weighted by Gasteiger charge is -2.30. The van der Waals surface area contributed by atoms with Crippen LogP contribution in [0.5, 0.6) is 5.75 Å². The molecule has 1 saturated heterocycles. The first-order valence-corrected chi connectivity index (χ1v) is 10.0. The van der Waals surface area contributed by atoms with E-state index in [4.69, 9.17) is 4.74 Å². The zero-order valence-corrected chi connectivity index (χ0v) is 15.8. The van der Waals surface area contributed by atoms with E-state index in [0.29, 0.717) is 29.3 Å². The topological polar surface area (TPSA) is 71.1 Å². The molecule has 27 heavy (non-hydrogen) atoms. The normalized spacial score (nSPS) is 13.3. The molecule has 6 nitrogen and oxygen atoms in total. The van der Waals surface area contributed by atoms with Crippen LogP contribution in [0.3, 0.4) is 0 Å². The maximum absolute atomic E-state index is 12.5. The first-order chi connectivity index (χ1) is 13.2. The molecule has 1 fully saturated rings. The number of carbonyl (C=O) groups excluding carboxylic acids is 1. The summed E-state index contributed by atoms with van der Waals surface area (Å²) in [6, 6.07) is 12.0. The minimum atomic E-state index is 0.000743. The molecule has 0 spiro atoms. The minimum Gasteiger partial charge on any atom is -0.487 e. The van der Waals surface area contributed by atoms with Gasteiger partial charge in [-0.25, -0.2) is 0 Å². The van der Waals surface area contributed by atoms with E-state index >= 15 is 0 Å². The van der Waals surface area contributed by atoms with Crippen LogP contribution in [0.4, 0.5) is 0 Å². The van der Waals surface area contributed by atoms with Crippen LogP contribution in [-0.4, -0.2) is 45.3 Å². The highest BCUT2D eigenvalue weighted by atomic mass is 32.2. The second-order valence-electron chi connectivity index (χ2n) is 6.32. The molecule has 4 rings (SSSR count). The summed E-state index contributed by atoms with van der Waals surface area (Å²) in [7, 11) is 0. The SMILES string of the molecule is CSc1cccc(COc2ccc(-c3[nH]ncc3C(=O)N3CCC3)nc2)c1. The van der Waals surface area contributed by atoms with Crippen molar-refractivity contribution < 1.29 is 9.53 Å². The molecule has 0 aliphatic carbocycles. The van der Waals surface area contributed by atoms with Gasteiger partial charge in [0.1, 0.15) is 12.4 Å². The van der Waals surface area contributed by atoms with Crippen LogP contribution in [0.1, 0.15) is 22.3 Å². The van der Waals surface area contributed by atoms with Crippen molar-refractivity contribution >= 4 is 17.7 Å². The number of rotatable bonds is 6. The lowest BCUT2D eigenvalue weighted by molar-refractivity contribution is 0.0652. The first kappa shape index (κ1) is 17.6. The molecule has 0 radical (unpaired) electrons. The average Bonchev–Trinajstić information content (AvgIpc) is 3.15. The quantitative estimate of drug-likeness (QED) is 0.662. The number of aromatic nitrogens is 3. The maximum atomic E-state index is 12.5. The van der Waals surface area contributed by atoms with E-state index in [1.54, 1.807) is 24.2 Å². The molecule has 1 aliphatic heterocycles. The van der Waals surface area contributed by atoms with Crippen LogP contribution < -0.4 is 4.74 Å². The van der Waals surface area contributed by atoms with Crippen LogP contribution >= 0.6 is 11.8 Å². The molecule has 1 aliphatic rings. The summed E-state index contributed by atoms with van der Waals surface area (Å²) in [6.07, 6.45) is 6.36. The van der Waals surface area contributed by atoms with Gasteiger partial charge in [-0.3, -0.25) is 14.9 Å². The highest BCUT2D eigenvalue weighted by Gasteiger charge is 2.25. The lowest BCUT2D eigenvalue weighted by atomic mass is 10.1. The van der Waals surface area contributed by atoms with Crippen LogP contribution in [0.15, 0.2) is 53.7 Å². The van der Waals surface area contributed by atoms with Crippen molar-refractivity contribution in [3.8, 4) is 17.1 Å². The van der Waals surface area contributed by atoms with Gasteiger partial charge in [-0.15, -0.1) is 11.8 Å². The number of benzene rings is 1. The molecule has 0 unspecified atom stereocenters. The molecule has 0 atom stereocenters. The Balaban J connectivity index is 1.45. The standard InChI is InChI=1S/C20H20N4O2S/c1-27-16-5-2-4-14(10-16)13-26-15-6-7-18(21-11-15)19-17(12-22-23-19)20(25)24-8-3-9-24/h2,4-7,10-12H,3,8-9,13H2,1H3,(H,22,23). The predicted octanol–water partition coefficient (Wildman–Crippen LogP) is 3.62. The summed E-state index contributed by atoms with van der Waals surface area (Å²) < 4.78 is 5.83. The molecule has 0 saturated carbocycles. The van der Waals surface area contributed by atoms with E-state index in [1.807, 2.05) is 29.2 Å². The number of pyridine rings is 1. The van der Waals surface area contributed by atoms with E-state index in [0.717, 1.165) is 25.1 Å². The van der Waals surface area contributed by atoms with Gasteiger partial charge in [0.05, 0.1) is 29.3 Å². The van der Waals surface area contributed by atoms with E-state index in [1.165, 1.54) is 4.90 Å². The van der Waals surface area contributed by atoms with E-state index in [9.17, 15) is 4.79 Å². The number of hydrogen-bond donors (Lipinski definition) is 1. The Morgan fingerprint density at radius 2 is 2.15 bits per heavy atom. The van der Waals surface area contributed by atoms with E-state index in [-0.39, 0.29) is 5.91 Å². The van der Waals surface area contributed by atoms with Crippen LogP contribution in [0.25, 0.3) is 11.4 Å². The largest absolute Gasteiger partial charge is 0.487 e. The third-order valence-electron chi connectivity index (χ3n) is 4.55. The van der Waals surface area contributed by atoms with Crippen molar-refractivity contribution in [3.05, 3.63) is 59.9 Å². The molecule has 3 aromatic rings. The van der Waals surface area contributed by atoms with Crippen LogP contribution in [0, 0.1) is 0 Å². The number of nitrogens with one attached hydrogen (secondary N) is 1.